The average molecular weight is 336 g/mol. The van der Waals surface area contributed by atoms with Gasteiger partial charge in [-0.1, -0.05) is 73.7 Å². The zero-order chi connectivity index (χ0) is 18.3. The van der Waals surface area contributed by atoms with E-state index in [1.807, 2.05) is 60.4 Å². The van der Waals surface area contributed by atoms with E-state index in [1.165, 1.54) is 0 Å². The Morgan fingerprint density at radius 1 is 1.16 bits per heavy atom. The molecule has 2 atom stereocenters. The highest BCUT2D eigenvalue weighted by atomic mass is 16.2. The van der Waals surface area contributed by atoms with Crippen molar-refractivity contribution < 1.29 is 4.79 Å². The molecule has 0 heterocycles. The highest BCUT2D eigenvalue weighted by molar-refractivity contribution is 5.76. The molecule has 0 saturated heterocycles. The van der Waals surface area contributed by atoms with Crippen LogP contribution in [0, 0.1) is 0 Å². The van der Waals surface area contributed by atoms with Crippen molar-refractivity contribution in [1.82, 2.24) is 10.2 Å². The van der Waals surface area contributed by atoms with Gasteiger partial charge in [-0.05, 0) is 31.4 Å². The Morgan fingerprint density at radius 3 is 2.24 bits per heavy atom. The summed E-state index contributed by atoms with van der Waals surface area (Å²) in [6.45, 7) is 10.5. The molecule has 0 saturated carbocycles. The van der Waals surface area contributed by atoms with E-state index in [4.69, 9.17) is 0 Å². The molecule has 3 heteroatoms. The number of nitrogens with one attached hydrogen (secondary N) is 1. The molecule has 2 rings (SSSR count). The Kier molecular flexibility index (Phi) is 6.40. The van der Waals surface area contributed by atoms with Gasteiger partial charge in [0.05, 0.1) is 11.6 Å². The number of rotatable bonds is 7. The fourth-order valence-corrected chi connectivity index (χ4v) is 2.95. The van der Waals surface area contributed by atoms with Gasteiger partial charge in [-0.25, -0.2) is 4.79 Å². The van der Waals surface area contributed by atoms with E-state index in [0.29, 0.717) is 6.54 Å². The van der Waals surface area contributed by atoms with Crippen molar-refractivity contribution in [2.24, 2.45) is 0 Å². The van der Waals surface area contributed by atoms with Crippen LogP contribution in [0.15, 0.2) is 73.3 Å². The maximum absolute atomic E-state index is 13.1. The monoisotopic (exact) mass is 336 g/mol. The molecule has 2 amide bonds. The minimum atomic E-state index is -0.409. The lowest BCUT2D eigenvalue weighted by Gasteiger charge is -2.36. The van der Waals surface area contributed by atoms with Gasteiger partial charge in [0, 0.05) is 6.54 Å². The Balaban J connectivity index is 2.23. The summed E-state index contributed by atoms with van der Waals surface area (Å²) in [4.78, 5) is 14.9. The zero-order valence-electron chi connectivity index (χ0n) is 15.4. The second kappa shape index (κ2) is 8.52. The van der Waals surface area contributed by atoms with E-state index in [2.05, 4.69) is 37.9 Å². The standard InChI is InChI=1S/C22H28N2O/c1-5-17-24(18(3)19-13-9-7-10-14-19)21(25)23-22(4,6-2)20-15-11-8-12-16-20/h5,7-16,18H,1,6,17H2,2-4H3,(H,23,25). The molecule has 132 valence electrons. The van der Waals surface area contributed by atoms with Crippen molar-refractivity contribution >= 4 is 6.03 Å². The summed E-state index contributed by atoms with van der Waals surface area (Å²) in [5.41, 5.74) is 1.81. The Hall–Kier alpha value is -2.55. The van der Waals surface area contributed by atoms with Crippen molar-refractivity contribution in [3.63, 3.8) is 0 Å². The molecule has 0 radical (unpaired) electrons. The van der Waals surface area contributed by atoms with Crippen LogP contribution in [0.25, 0.3) is 0 Å². The quantitative estimate of drug-likeness (QED) is 0.686. The molecule has 2 aromatic rings. The fourth-order valence-electron chi connectivity index (χ4n) is 2.95. The predicted molar refractivity (Wildman–Crippen MR) is 104 cm³/mol. The third-order valence-electron chi connectivity index (χ3n) is 4.84. The summed E-state index contributed by atoms with van der Waals surface area (Å²) in [6, 6.07) is 20.1. The molecule has 0 aromatic heterocycles. The number of benzene rings is 2. The van der Waals surface area contributed by atoms with E-state index < -0.39 is 5.54 Å². The second-order valence-electron chi connectivity index (χ2n) is 6.51. The van der Waals surface area contributed by atoms with E-state index in [1.54, 1.807) is 6.08 Å². The number of carbonyl (C=O) groups excluding carboxylic acids is 1. The minimum Gasteiger partial charge on any atom is -0.329 e. The molecule has 25 heavy (non-hydrogen) atoms. The van der Waals surface area contributed by atoms with Gasteiger partial charge < -0.3 is 10.2 Å². The normalized spacial score (nSPS) is 14.2. The zero-order valence-corrected chi connectivity index (χ0v) is 15.4. The molecule has 0 spiro atoms. The predicted octanol–water partition coefficient (Wildman–Crippen LogP) is 5.27. The van der Waals surface area contributed by atoms with Gasteiger partial charge in [0.15, 0.2) is 0 Å². The van der Waals surface area contributed by atoms with Crippen LogP contribution >= 0.6 is 0 Å². The van der Waals surface area contributed by atoms with Gasteiger partial charge in [0.1, 0.15) is 0 Å². The molecule has 1 N–H and O–H groups in total. The van der Waals surface area contributed by atoms with Crippen molar-refractivity contribution in [2.45, 2.75) is 38.8 Å². The maximum atomic E-state index is 13.1. The summed E-state index contributed by atoms with van der Waals surface area (Å²) >= 11 is 0. The van der Waals surface area contributed by atoms with Gasteiger partial charge in [0.2, 0.25) is 0 Å². The molecule has 0 fully saturated rings. The average Bonchev–Trinajstić information content (AvgIpc) is 2.66. The van der Waals surface area contributed by atoms with Crippen LogP contribution in [0.1, 0.15) is 44.4 Å². The van der Waals surface area contributed by atoms with Crippen LogP contribution < -0.4 is 5.32 Å². The smallest absolute Gasteiger partial charge is 0.318 e. The van der Waals surface area contributed by atoms with Crippen molar-refractivity contribution in [3.05, 3.63) is 84.4 Å². The lowest BCUT2D eigenvalue weighted by molar-refractivity contribution is 0.172. The molecule has 3 nitrogen and oxygen atoms in total. The highest BCUT2D eigenvalue weighted by Crippen LogP contribution is 2.26. The largest absolute Gasteiger partial charge is 0.329 e. The maximum Gasteiger partial charge on any atom is 0.318 e. The molecule has 0 aliphatic carbocycles. The van der Waals surface area contributed by atoms with Crippen molar-refractivity contribution in [2.75, 3.05) is 6.54 Å². The SMILES string of the molecule is C=CCN(C(=O)NC(C)(CC)c1ccccc1)C(C)c1ccccc1. The van der Waals surface area contributed by atoms with E-state index in [9.17, 15) is 4.79 Å². The van der Waals surface area contributed by atoms with Crippen molar-refractivity contribution in [1.29, 1.82) is 0 Å². The number of nitrogens with zero attached hydrogens (tertiary/aromatic N) is 1. The summed E-state index contributed by atoms with van der Waals surface area (Å²) < 4.78 is 0. The Morgan fingerprint density at radius 2 is 1.72 bits per heavy atom. The molecule has 0 aliphatic rings. The van der Waals surface area contributed by atoms with Crippen LogP contribution in [0.5, 0.6) is 0 Å². The van der Waals surface area contributed by atoms with Crippen LogP contribution in [0.2, 0.25) is 0 Å². The first-order valence-corrected chi connectivity index (χ1v) is 8.82. The summed E-state index contributed by atoms with van der Waals surface area (Å²) in [5.74, 6) is 0. The van der Waals surface area contributed by atoms with E-state index in [0.717, 1.165) is 17.5 Å². The Labute approximate surface area is 151 Å². The number of urea groups is 1. The first-order valence-electron chi connectivity index (χ1n) is 8.82. The van der Waals surface area contributed by atoms with Crippen LogP contribution in [0.4, 0.5) is 4.79 Å². The third-order valence-corrected chi connectivity index (χ3v) is 4.84. The lowest BCUT2D eigenvalue weighted by Crippen LogP contribution is -2.50. The molecular formula is C22H28N2O. The number of amides is 2. The molecule has 0 bridgehead atoms. The molecular weight excluding hydrogens is 308 g/mol. The van der Waals surface area contributed by atoms with Crippen LogP contribution in [-0.2, 0) is 5.54 Å². The summed E-state index contributed by atoms with van der Waals surface area (Å²) in [5, 5.41) is 3.23. The second-order valence-corrected chi connectivity index (χ2v) is 6.51. The van der Waals surface area contributed by atoms with Gasteiger partial charge in [-0.2, -0.15) is 0 Å². The number of hydrogen-bond donors (Lipinski definition) is 1. The first kappa shape index (κ1) is 18.8. The number of carbonyl (C=O) groups is 1. The van der Waals surface area contributed by atoms with Gasteiger partial charge in [-0.15, -0.1) is 6.58 Å². The molecule has 2 aromatic carbocycles. The van der Waals surface area contributed by atoms with E-state index in [-0.39, 0.29) is 12.1 Å². The lowest BCUT2D eigenvalue weighted by atomic mass is 9.89. The first-order chi connectivity index (χ1) is 12.0. The minimum absolute atomic E-state index is 0.0314. The van der Waals surface area contributed by atoms with Crippen molar-refractivity contribution in [3.8, 4) is 0 Å². The summed E-state index contributed by atoms with van der Waals surface area (Å²) in [7, 11) is 0. The van der Waals surface area contributed by atoms with Gasteiger partial charge in [0.25, 0.3) is 0 Å². The van der Waals surface area contributed by atoms with Crippen LogP contribution in [-0.4, -0.2) is 17.5 Å². The van der Waals surface area contributed by atoms with Gasteiger partial charge >= 0.3 is 6.03 Å². The molecule has 0 aliphatic heterocycles. The van der Waals surface area contributed by atoms with Crippen LogP contribution in [0.3, 0.4) is 0 Å². The van der Waals surface area contributed by atoms with Gasteiger partial charge in [-0.3, -0.25) is 0 Å². The fraction of sp³-hybridized carbons (Fsp3) is 0.318. The van der Waals surface area contributed by atoms with E-state index >= 15 is 0 Å². The highest BCUT2D eigenvalue weighted by Gasteiger charge is 2.30. The molecule has 2 unspecified atom stereocenters. The number of hydrogen-bond acceptors (Lipinski definition) is 1. The third kappa shape index (κ3) is 4.50. The summed E-state index contributed by atoms with van der Waals surface area (Å²) in [6.07, 6.45) is 2.58. The Bertz CT molecular complexity index is 684. The topological polar surface area (TPSA) is 32.3 Å².